The summed E-state index contributed by atoms with van der Waals surface area (Å²) in [5.41, 5.74) is 2.79. The highest BCUT2D eigenvalue weighted by atomic mass is 16.5. The van der Waals surface area contributed by atoms with E-state index in [1.54, 1.807) is 60.7 Å². The number of amides is 2. The second kappa shape index (κ2) is 19.3. The molecule has 0 saturated heterocycles. The van der Waals surface area contributed by atoms with Crippen LogP contribution in [-0.4, -0.2) is 86.0 Å². The number of phenols is 4. The van der Waals surface area contributed by atoms with Gasteiger partial charge in [-0.05, 0) is 95.8 Å². The van der Waals surface area contributed by atoms with Crippen LogP contribution in [0.2, 0.25) is 0 Å². The molecule has 2 atom stereocenters. The van der Waals surface area contributed by atoms with E-state index in [1.165, 1.54) is 64.9 Å². The largest absolute Gasteiger partial charge is 0.504 e. The van der Waals surface area contributed by atoms with Crippen molar-refractivity contribution in [1.29, 1.82) is 0 Å². The fourth-order valence-corrected chi connectivity index (χ4v) is 5.36. The highest BCUT2D eigenvalue weighted by Gasteiger charge is 2.18. The molecule has 2 amide bonds. The number of carbonyl (C=O) groups is 2. The molecular weight excluding hydrogens is 684 g/mol. The molecule has 13 nitrogen and oxygen atoms in total. The highest BCUT2D eigenvalue weighted by Crippen LogP contribution is 2.29. The van der Waals surface area contributed by atoms with Gasteiger partial charge in [0.05, 0.1) is 53.7 Å². The zero-order valence-corrected chi connectivity index (χ0v) is 29.9. The van der Waals surface area contributed by atoms with Crippen LogP contribution in [0.4, 0.5) is 0 Å². The Bertz CT molecular complexity index is 1790. The second-order valence-electron chi connectivity index (χ2n) is 11.9. The van der Waals surface area contributed by atoms with Crippen LogP contribution in [0.5, 0.6) is 46.0 Å². The Morgan fingerprint density at radius 2 is 0.887 bits per heavy atom. The number of rotatable bonds is 18. The van der Waals surface area contributed by atoms with Crippen molar-refractivity contribution in [2.45, 2.75) is 24.9 Å². The van der Waals surface area contributed by atoms with Gasteiger partial charge in [-0.3, -0.25) is 9.59 Å². The quantitative estimate of drug-likeness (QED) is 0.0778. The van der Waals surface area contributed by atoms with Crippen molar-refractivity contribution in [3.8, 4) is 46.0 Å². The molecule has 13 heteroatoms. The van der Waals surface area contributed by atoms with E-state index in [1.807, 2.05) is 0 Å². The molecule has 0 heterocycles. The maximum atomic E-state index is 13.1. The van der Waals surface area contributed by atoms with Crippen molar-refractivity contribution in [2.75, 3.05) is 41.7 Å². The number of nitrogens with one attached hydrogen (secondary N) is 2. The smallest absolute Gasteiger partial charge is 0.244 e. The van der Waals surface area contributed by atoms with Crippen molar-refractivity contribution >= 4 is 24.0 Å². The topological polar surface area (TPSA) is 185 Å². The van der Waals surface area contributed by atoms with E-state index < -0.39 is 23.9 Å². The molecule has 0 aliphatic rings. The van der Waals surface area contributed by atoms with E-state index in [9.17, 15) is 30.0 Å². The molecule has 0 saturated carbocycles. The molecule has 280 valence electrons. The zero-order chi connectivity index (χ0) is 38.3. The van der Waals surface area contributed by atoms with Gasteiger partial charge in [-0.1, -0.05) is 24.3 Å². The summed E-state index contributed by atoms with van der Waals surface area (Å²) in [6.07, 6.45) is 6.50. The molecule has 4 rings (SSSR count). The summed E-state index contributed by atoms with van der Waals surface area (Å²) in [7, 11) is 5.75. The monoisotopic (exact) mass is 728 g/mol. The Labute approximate surface area is 307 Å². The average Bonchev–Trinajstić information content (AvgIpc) is 3.15. The zero-order valence-electron chi connectivity index (χ0n) is 29.9. The number of hydrogen-bond acceptors (Lipinski definition) is 11. The molecule has 0 aromatic heterocycles. The first-order valence-electron chi connectivity index (χ1n) is 16.5. The standard InChI is InChI=1S/C40H44N2O11/c1-49-35-19-25(5-11-31(35)43)9-15-39(47)41-29(17-27-7-13-33(45)37(21-27)51-3)23-53-24-30(18-28-8-14-34(46)38(22-28)52-4)42-40(48)16-10-26-6-12-32(44)36(20-26)50-2/h5-16,19-22,29-30,43-46H,17-18,23-24H2,1-4H3,(H,41,47)(H,42,48)/b15-9+,16-10+. The van der Waals surface area contributed by atoms with E-state index in [4.69, 9.17) is 23.7 Å². The minimum Gasteiger partial charge on any atom is -0.504 e. The van der Waals surface area contributed by atoms with Gasteiger partial charge in [0.1, 0.15) is 0 Å². The first-order chi connectivity index (χ1) is 25.5. The first-order valence-corrected chi connectivity index (χ1v) is 16.5. The molecule has 6 N–H and O–H groups in total. The summed E-state index contributed by atoms with van der Waals surface area (Å²) >= 11 is 0. The fraction of sp³-hybridized carbons (Fsp3) is 0.250. The first kappa shape index (κ1) is 39.4. The molecular formula is C40H44N2O11. The summed E-state index contributed by atoms with van der Waals surface area (Å²) in [6, 6.07) is 18.1. The summed E-state index contributed by atoms with van der Waals surface area (Å²) < 4.78 is 27.0. The Hall–Kier alpha value is -6.34. The van der Waals surface area contributed by atoms with Gasteiger partial charge in [0.25, 0.3) is 0 Å². The van der Waals surface area contributed by atoms with Gasteiger partial charge in [0.15, 0.2) is 46.0 Å². The summed E-state index contributed by atoms with van der Waals surface area (Å²) in [5.74, 6) is 0.175. The number of ether oxygens (including phenoxy) is 5. The van der Waals surface area contributed by atoms with Crippen LogP contribution >= 0.6 is 0 Å². The molecule has 0 bridgehead atoms. The maximum Gasteiger partial charge on any atom is 0.244 e. The molecule has 0 aliphatic carbocycles. The number of carbonyl (C=O) groups excluding carboxylic acids is 2. The molecule has 0 fully saturated rings. The summed E-state index contributed by atoms with van der Waals surface area (Å²) in [4.78, 5) is 26.2. The number of hydrogen-bond donors (Lipinski definition) is 6. The van der Waals surface area contributed by atoms with Crippen molar-refractivity contribution in [1.82, 2.24) is 10.6 Å². The lowest BCUT2D eigenvalue weighted by molar-refractivity contribution is -0.117. The summed E-state index contributed by atoms with van der Waals surface area (Å²) in [6.45, 7) is 0.0917. The van der Waals surface area contributed by atoms with E-state index in [0.717, 1.165) is 11.1 Å². The van der Waals surface area contributed by atoms with Gasteiger partial charge in [-0.25, -0.2) is 0 Å². The van der Waals surface area contributed by atoms with Gasteiger partial charge >= 0.3 is 0 Å². The Morgan fingerprint density at radius 1 is 0.547 bits per heavy atom. The number of phenolic OH excluding ortho intramolecular Hbond substituents is 4. The van der Waals surface area contributed by atoms with E-state index >= 15 is 0 Å². The SMILES string of the molecule is COc1cc(/C=C/C(=O)NC(COCC(Cc2ccc(O)c(OC)c2)NC(=O)/C=C/c2ccc(O)c(OC)c2)Cc2ccc(O)c(OC)c2)ccc1O. The Kier molecular flexibility index (Phi) is 14.4. The third kappa shape index (κ3) is 11.9. The molecule has 53 heavy (non-hydrogen) atoms. The predicted molar refractivity (Wildman–Crippen MR) is 199 cm³/mol. The van der Waals surface area contributed by atoms with Crippen molar-refractivity contribution in [3.63, 3.8) is 0 Å². The van der Waals surface area contributed by atoms with Crippen molar-refractivity contribution in [2.24, 2.45) is 0 Å². The number of aromatic hydroxyl groups is 4. The third-order valence-electron chi connectivity index (χ3n) is 8.05. The number of benzene rings is 4. The van der Waals surface area contributed by atoms with E-state index in [2.05, 4.69) is 10.6 Å². The van der Waals surface area contributed by atoms with E-state index in [-0.39, 0.29) is 59.2 Å². The Balaban J connectivity index is 1.51. The maximum absolute atomic E-state index is 13.1. The highest BCUT2D eigenvalue weighted by molar-refractivity contribution is 5.92. The van der Waals surface area contributed by atoms with Gasteiger partial charge in [-0.2, -0.15) is 0 Å². The third-order valence-corrected chi connectivity index (χ3v) is 8.05. The lowest BCUT2D eigenvalue weighted by atomic mass is 10.0. The molecule has 4 aromatic carbocycles. The lowest BCUT2D eigenvalue weighted by Gasteiger charge is -2.22. The second-order valence-corrected chi connectivity index (χ2v) is 11.9. The van der Waals surface area contributed by atoms with Crippen LogP contribution in [0.15, 0.2) is 84.9 Å². The van der Waals surface area contributed by atoms with Crippen molar-refractivity contribution < 1.29 is 53.7 Å². The molecule has 2 unspecified atom stereocenters. The van der Waals surface area contributed by atoms with Gasteiger partial charge in [-0.15, -0.1) is 0 Å². The molecule has 0 aliphatic heterocycles. The van der Waals surface area contributed by atoms with Crippen LogP contribution < -0.4 is 29.6 Å². The Morgan fingerprint density at radius 3 is 1.25 bits per heavy atom. The van der Waals surface area contributed by atoms with Crippen LogP contribution in [-0.2, 0) is 27.2 Å². The molecule has 4 aromatic rings. The molecule has 0 spiro atoms. The van der Waals surface area contributed by atoms with Crippen LogP contribution in [0, 0.1) is 0 Å². The van der Waals surface area contributed by atoms with Crippen LogP contribution in [0.3, 0.4) is 0 Å². The predicted octanol–water partition coefficient (Wildman–Crippen LogP) is 4.74. The molecule has 0 radical (unpaired) electrons. The lowest BCUT2D eigenvalue weighted by Crippen LogP contribution is -2.42. The number of methoxy groups -OCH3 is 4. The minimum absolute atomic E-state index is 0.0243. The van der Waals surface area contributed by atoms with Crippen LogP contribution in [0.1, 0.15) is 22.3 Å². The van der Waals surface area contributed by atoms with Gasteiger partial charge < -0.3 is 54.7 Å². The van der Waals surface area contributed by atoms with Gasteiger partial charge in [0, 0.05) is 12.2 Å². The summed E-state index contributed by atoms with van der Waals surface area (Å²) in [5, 5.41) is 45.9. The van der Waals surface area contributed by atoms with Crippen LogP contribution in [0.25, 0.3) is 12.2 Å². The average molecular weight is 729 g/mol. The normalized spacial score (nSPS) is 12.3. The minimum atomic E-state index is -0.551. The van der Waals surface area contributed by atoms with E-state index in [0.29, 0.717) is 24.0 Å². The fourth-order valence-electron chi connectivity index (χ4n) is 5.36. The van der Waals surface area contributed by atoms with Gasteiger partial charge in [0.2, 0.25) is 11.8 Å². The van der Waals surface area contributed by atoms with Crippen molar-refractivity contribution in [3.05, 3.63) is 107 Å².